The van der Waals surface area contributed by atoms with E-state index in [0.29, 0.717) is 55.9 Å². The van der Waals surface area contributed by atoms with Crippen LogP contribution >= 0.6 is 38.6 Å². The van der Waals surface area contributed by atoms with Crippen molar-refractivity contribution in [2.45, 2.75) is 180 Å². The van der Waals surface area contributed by atoms with Gasteiger partial charge >= 0.3 is 31.2 Å². The van der Waals surface area contributed by atoms with Crippen LogP contribution in [0.5, 0.6) is 0 Å². The molecule has 4 aliphatic carbocycles. The van der Waals surface area contributed by atoms with E-state index < -0.39 is 27.7 Å². The van der Waals surface area contributed by atoms with Gasteiger partial charge in [-0.1, -0.05) is 78.6 Å². The van der Waals surface area contributed by atoms with E-state index in [4.69, 9.17) is 0 Å². The average Bonchev–Trinajstić information content (AvgIpc) is 3.85. The summed E-state index contributed by atoms with van der Waals surface area (Å²) in [7, 11) is 0. The van der Waals surface area contributed by atoms with Gasteiger partial charge in [-0.05, 0) is 140 Å². The second kappa shape index (κ2) is 25.5. The number of halogens is 7. The van der Waals surface area contributed by atoms with Crippen molar-refractivity contribution < 1.29 is 55.1 Å². The number of rotatable bonds is 8. The van der Waals surface area contributed by atoms with Crippen LogP contribution in [0.15, 0.2) is 28.1 Å². The Kier molecular flexibility index (Phi) is 23.6. The van der Waals surface area contributed by atoms with Gasteiger partial charge in [0.15, 0.2) is 0 Å². The Morgan fingerprint density at radius 3 is 1.39 bits per heavy atom. The fourth-order valence-electron chi connectivity index (χ4n) is 9.19. The molecule has 0 aromatic carbocycles. The van der Waals surface area contributed by atoms with E-state index in [-0.39, 0.29) is 18.9 Å². The van der Waals surface area contributed by atoms with Crippen molar-refractivity contribution in [3.8, 4) is 0 Å². The zero-order valence-electron chi connectivity index (χ0n) is 34.4. The van der Waals surface area contributed by atoms with Crippen molar-refractivity contribution >= 4 is 44.4 Å². The Morgan fingerprint density at radius 2 is 1.05 bits per heavy atom. The minimum Gasteiger partial charge on any atom is -0.384 e. The van der Waals surface area contributed by atoms with Gasteiger partial charge in [0.25, 0.3) is 0 Å². The minimum atomic E-state index is -4.31. The third kappa shape index (κ3) is 17.3. The van der Waals surface area contributed by atoms with Gasteiger partial charge in [-0.3, -0.25) is 4.79 Å². The van der Waals surface area contributed by atoms with Gasteiger partial charge in [0.2, 0.25) is 0 Å². The monoisotopic (exact) mass is 890 g/mol. The molecule has 4 fully saturated rings. The Bertz CT molecular complexity index is 1340. The Labute approximate surface area is 362 Å². The Hall–Kier alpha value is -0.313. The largest absolute Gasteiger partial charge is 1.00 e. The first-order valence-electron chi connectivity index (χ1n) is 21.1. The third-order valence-electron chi connectivity index (χ3n) is 12.5. The Morgan fingerprint density at radius 1 is 0.661 bits per heavy atom. The van der Waals surface area contributed by atoms with Gasteiger partial charge in [-0.2, -0.15) is 32.8 Å². The maximum atomic E-state index is 12.8. The summed E-state index contributed by atoms with van der Waals surface area (Å²) in [4.78, 5) is 10.5. The maximum Gasteiger partial charge on any atom is 1.00 e. The van der Waals surface area contributed by atoms with E-state index in [1.165, 1.54) is 108 Å². The molecule has 316 valence electrons. The fourth-order valence-corrected chi connectivity index (χ4v) is 11.5. The molecule has 0 bridgehead atoms. The van der Waals surface area contributed by atoms with E-state index >= 15 is 0 Å². The van der Waals surface area contributed by atoms with E-state index in [1.54, 1.807) is 0 Å². The number of Topliss-reactive ketones (excluding diaryl/α,β-unsaturated/α-hetero) is 1. The molecule has 0 unspecified atom stereocenters. The predicted molar refractivity (Wildman–Crippen MR) is 220 cm³/mol. The molecule has 0 radical (unpaired) electrons. The van der Waals surface area contributed by atoms with Gasteiger partial charge in [0, 0.05) is 17.7 Å². The molecule has 0 saturated heterocycles. The van der Waals surface area contributed by atoms with Crippen molar-refractivity contribution in [3.63, 3.8) is 0 Å². The van der Waals surface area contributed by atoms with Crippen molar-refractivity contribution in [1.29, 1.82) is 0 Å². The van der Waals surface area contributed by atoms with Crippen LogP contribution in [0.25, 0.3) is 0 Å². The normalized spacial score (nSPS) is 27.4. The molecule has 0 atom stereocenters. The number of thiophene rings is 2. The first kappa shape index (κ1) is 51.8. The number of alkyl halides is 6. The first-order valence-corrected chi connectivity index (χ1v) is 23.5. The van der Waals surface area contributed by atoms with Crippen LogP contribution in [-0.2, 0) is 22.7 Å². The average molecular weight is 892 g/mol. The summed E-state index contributed by atoms with van der Waals surface area (Å²) >= 11 is 4.34. The molecule has 56 heavy (non-hydrogen) atoms. The van der Waals surface area contributed by atoms with E-state index in [0.717, 1.165) is 73.8 Å². The third-order valence-corrected chi connectivity index (χ3v) is 15.5. The second-order valence-corrected chi connectivity index (χ2v) is 20.0. The molecular weight excluding hydrogens is 825 g/mol. The van der Waals surface area contributed by atoms with Crippen LogP contribution in [0.3, 0.4) is 0 Å². The Balaban J connectivity index is 0.000000298. The number of hydrogen-bond donors (Lipinski definition) is 1. The van der Waals surface area contributed by atoms with Crippen LogP contribution in [0, 0.1) is 42.4 Å². The summed E-state index contributed by atoms with van der Waals surface area (Å²) in [5.74, 6) is 5.68. The van der Waals surface area contributed by atoms with Crippen LogP contribution in [0.2, 0.25) is 0 Å². The summed E-state index contributed by atoms with van der Waals surface area (Å²) < 4.78 is 74.3. The molecule has 0 spiro atoms. The van der Waals surface area contributed by atoms with Crippen LogP contribution in [-0.4, -0.2) is 10.9 Å². The maximum absolute atomic E-state index is 12.8. The molecule has 12 heteroatoms. The summed E-state index contributed by atoms with van der Waals surface area (Å²) in [6, 6.07) is 5.02. The van der Waals surface area contributed by atoms with Crippen molar-refractivity contribution in [1.82, 2.24) is 0 Å². The number of hydrogen-bond acceptors (Lipinski definition) is 4. The molecule has 2 heterocycles. The molecule has 4 saturated carbocycles. The van der Waals surface area contributed by atoms with Crippen LogP contribution in [0.4, 0.5) is 26.3 Å². The van der Waals surface area contributed by atoms with Crippen molar-refractivity contribution in [2.24, 2.45) is 35.5 Å². The zero-order valence-corrected chi connectivity index (χ0v) is 37.6. The smallest absolute Gasteiger partial charge is 0.384 e. The zero-order chi connectivity index (χ0) is 40.6. The summed E-state index contributed by atoms with van der Waals surface area (Å²) in [6.45, 7) is 10.3. The molecule has 2 aromatic rings. The van der Waals surface area contributed by atoms with E-state index in [1.807, 2.05) is 0 Å². The van der Waals surface area contributed by atoms with Gasteiger partial charge in [-0.25, -0.2) is 0 Å². The van der Waals surface area contributed by atoms with Gasteiger partial charge in [0.05, 0.1) is 9.39 Å². The molecule has 0 aliphatic heterocycles. The second-order valence-electron chi connectivity index (χ2n) is 16.5. The quantitative estimate of drug-likeness (QED) is 0.163. The fraction of sp³-hybridized carbons (Fsp3) is 0.773. The number of ketones is 1. The SMILES string of the molecule is CCCC1CCC(C2CCC(=O)CC2)CC1.CCCC1CCC(C2CCC(O)(c3ccc(C(F)(F)F)s3)CC2)CC1.FC(F)(F)c1ccc(Br)s1.[CH2-]CCC.[Li+]. The molecular formula is C44H66BrF6LiO2S2. The van der Waals surface area contributed by atoms with Crippen molar-refractivity contribution in [3.05, 3.63) is 49.6 Å². The molecule has 6 rings (SSSR count). The molecule has 4 aliphatic rings. The van der Waals surface area contributed by atoms with E-state index in [2.05, 4.69) is 43.6 Å². The summed E-state index contributed by atoms with van der Waals surface area (Å²) in [5.41, 5.74) is -1.05. The topological polar surface area (TPSA) is 37.3 Å². The predicted octanol–water partition coefficient (Wildman–Crippen LogP) is 13.3. The molecule has 2 aromatic heterocycles. The summed E-state index contributed by atoms with van der Waals surface area (Å²) in [5, 5.41) is 10.9. The first-order chi connectivity index (χ1) is 26.0. The number of carbonyl (C=O) groups is 1. The number of carbonyl (C=O) groups excluding carboxylic acids is 1. The van der Waals surface area contributed by atoms with Gasteiger partial charge < -0.3 is 12.0 Å². The number of unbranched alkanes of at least 4 members (excludes halogenated alkanes) is 1. The molecule has 0 amide bonds. The van der Waals surface area contributed by atoms with Crippen LogP contribution < -0.4 is 18.9 Å². The van der Waals surface area contributed by atoms with E-state index in [9.17, 15) is 36.2 Å². The minimum absolute atomic E-state index is 0. The standard InChI is InChI=1S/C20H29F3OS.C15H26O.C5H2BrF3S.C4H9.Li/c1-2-3-14-4-6-15(7-5-14)16-10-12-19(24,13-11-16)17-8-9-18(25-17)20(21,22)23;1-2-3-12-4-6-13(7-5-12)14-8-10-15(16)11-9-14;6-4-2-1-3(10-4)5(7,8)9;1-3-4-2;/h8-9,14-16,24H,2-7,10-13H2,1H3;12-14H,2-11H2,1H3;1-2H;1,3-4H2,2H3;/q;;;-1;+1. The molecule has 1 N–H and O–H groups in total. The van der Waals surface area contributed by atoms with Crippen molar-refractivity contribution in [2.75, 3.05) is 0 Å². The van der Waals surface area contributed by atoms with Gasteiger partial charge in [-0.15, -0.1) is 22.7 Å². The molecule has 2 nitrogen and oxygen atoms in total. The number of aliphatic hydroxyl groups is 1. The van der Waals surface area contributed by atoms with Crippen LogP contribution in [0.1, 0.15) is 177 Å². The van der Waals surface area contributed by atoms with Gasteiger partial charge in [0.1, 0.15) is 15.5 Å². The summed E-state index contributed by atoms with van der Waals surface area (Å²) in [6.07, 6.45) is 17.5.